The van der Waals surface area contributed by atoms with E-state index in [2.05, 4.69) is 15.7 Å². The Morgan fingerprint density at radius 3 is 2.50 bits per heavy atom. The Labute approximate surface area is 176 Å². The molecule has 7 heteroatoms. The van der Waals surface area contributed by atoms with Crippen LogP contribution in [0.15, 0.2) is 67.0 Å². The predicted molar refractivity (Wildman–Crippen MR) is 116 cm³/mol. The average molecular weight is 406 g/mol. The van der Waals surface area contributed by atoms with Crippen LogP contribution in [-0.2, 0) is 11.2 Å². The van der Waals surface area contributed by atoms with E-state index < -0.39 is 11.7 Å². The molecule has 0 aliphatic rings. The number of hydrogen-bond acceptors (Lipinski definition) is 4. The van der Waals surface area contributed by atoms with Gasteiger partial charge in [-0.2, -0.15) is 5.10 Å². The van der Waals surface area contributed by atoms with Crippen LogP contribution >= 0.6 is 0 Å². The van der Waals surface area contributed by atoms with Crippen molar-refractivity contribution in [2.24, 2.45) is 0 Å². The number of nitrogens with zero attached hydrogens (tertiary/aromatic N) is 2. The van der Waals surface area contributed by atoms with Gasteiger partial charge in [-0.3, -0.25) is 10.1 Å². The lowest BCUT2D eigenvalue weighted by molar-refractivity contribution is 0.0635. The lowest BCUT2D eigenvalue weighted by Gasteiger charge is -2.19. The zero-order chi connectivity index (χ0) is 21.6. The molecule has 156 valence electrons. The Morgan fingerprint density at radius 1 is 1.07 bits per heavy atom. The minimum Gasteiger partial charge on any atom is -0.444 e. The van der Waals surface area contributed by atoms with Crippen molar-refractivity contribution in [1.29, 1.82) is 0 Å². The van der Waals surface area contributed by atoms with Crippen molar-refractivity contribution in [3.63, 3.8) is 0 Å². The van der Waals surface area contributed by atoms with E-state index in [9.17, 15) is 9.59 Å². The van der Waals surface area contributed by atoms with Gasteiger partial charge in [-0.05, 0) is 69.2 Å². The molecule has 1 heterocycles. The van der Waals surface area contributed by atoms with Crippen molar-refractivity contribution in [1.82, 2.24) is 15.1 Å². The fourth-order valence-corrected chi connectivity index (χ4v) is 2.82. The second kappa shape index (κ2) is 9.26. The molecule has 0 unspecified atom stereocenters. The summed E-state index contributed by atoms with van der Waals surface area (Å²) in [6.07, 6.45) is 3.78. The van der Waals surface area contributed by atoms with Crippen molar-refractivity contribution in [3.05, 3.63) is 78.1 Å². The number of aromatic nitrogens is 2. The molecule has 0 aliphatic heterocycles. The number of anilines is 1. The van der Waals surface area contributed by atoms with Gasteiger partial charge in [-0.25, -0.2) is 9.48 Å². The zero-order valence-corrected chi connectivity index (χ0v) is 17.4. The molecular formula is C23H26N4O3. The quantitative estimate of drug-likeness (QED) is 0.643. The Balaban J connectivity index is 1.50. The lowest BCUT2D eigenvalue weighted by Crippen LogP contribution is -2.28. The highest BCUT2D eigenvalue weighted by atomic mass is 16.6. The fourth-order valence-electron chi connectivity index (χ4n) is 2.82. The molecule has 0 saturated carbocycles. The van der Waals surface area contributed by atoms with Gasteiger partial charge in [0.05, 0.1) is 5.69 Å². The van der Waals surface area contributed by atoms with E-state index in [1.165, 1.54) is 0 Å². The van der Waals surface area contributed by atoms with E-state index in [0.29, 0.717) is 24.2 Å². The number of ether oxygens (including phenoxy) is 1. The van der Waals surface area contributed by atoms with Gasteiger partial charge in [0.15, 0.2) is 0 Å². The van der Waals surface area contributed by atoms with Crippen LogP contribution in [0.3, 0.4) is 0 Å². The summed E-state index contributed by atoms with van der Waals surface area (Å²) >= 11 is 0. The summed E-state index contributed by atoms with van der Waals surface area (Å²) in [5.74, 6) is -0.198. The van der Waals surface area contributed by atoms with Crippen LogP contribution in [0.5, 0.6) is 0 Å². The monoisotopic (exact) mass is 406 g/mol. The molecule has 0 atom stereocenters. The van der Waals surface area contributed by atoms with E-state index in [1.54, 1.807) is 55.9 Å². The topological polar surface area (TPSA) is 85.2 Å². The summed E-state index contributed by atoms with van der Waals surface area (Å²) in [7, 11) is 0. The molecule has 2 N–H and O–H groups in total. The first-order chi connectivity index (χ1) is 14.3. The fraction of sp³-hybridized carbons (Fsp3) is 0.261. The average Bonchev–Trinajstić information content (AvgIpc) is 3.22. The van der Waals surface area contributed by atoms with Crippen LogP contribution in [0.1, 0.15) is 36.7 Å². The van der Waals surface area contributed by atoms with E-state index in [4.69, 9.17) is 4.74 Å². The van der Waals surface area contributed by atoms with Gasteiger partial charge >= 0.3 is 6.09 Å². The first-order valence-corrected chi connectivity index (χ1v) is 9.77. The van der Waals surface area contributed by atoms with Gasteiger partial charge < -0.3 is 10.1 Å². The molecule has 0 aliphatic carbocycles. The van der Waals surface area contributed by atoms with Crippen LogP contribution in [0.2, 0.25) is 0 Å². The van der Waals surface area contributed by atoms with E-state index in [1.807, 2.05) is 36.5 Å². The number of rotatable bonds is 6. The van der Waals surface area contributed by atoms with Crippen molar-refractivity contribution >= 4 is 17.7 Å². The van der Waals surface area contributed by atoms with Gasteiger partial charge in [0.2, 0.25) is 0 Å². The maximum Gasteiger partial charge on any atom is 0.412 e. The van der Waals surface area contributed by atoms with Crippen LogP contribution in [-0.4, -0.2) is 33.9 Å². The maximum atomic E-state index is 12.4. The molecule has 7 nitrogen and oxygen atoms in total. The minimum absolute atomic E-state index is 0.198. The highest BCUT2D eigenvalue weighted by Gasteiger charge is 2.16. The number of nitrogens with one attached hydrogen (secondary N) is 2. The molecule has 2 aromatic carbocycles. The minimum atomic E-state index is -0.588. The highest BCUT2D eigenvalue weighted by molar-refractivity contribution is 5.96. The predicted octanol–water partition coefficient (Wildman–Crippen LogP) is 4.19. The largest absolute Gasteiger partial charge is 0.444 e. The smallest absolute Gasteiger partial charge is 0.412 e. The number of hydrogen-bond donors (Lipinski definition) is 2. The number of amides is 2. The summed E-state index contributed by atoms with van der Waals surface area (Å²) in [4.78, 5) is 24.3. The molecule has 30 heavy (non-hydrogen) atoms. The normalized spacial score (nSPS) is 11.0. The summed E-state index contributed by atoms with van der Waals surface area (Å²) in [5.41, 5.74) is 2.49. The van der Waals surface area contributed by atoms with Crippen LogP contribution < -0.4 is 10.6 Å². The molecule has 0 saturated heterocycles. The molecule has 0 radical (unpaired) electrons. The second-order valence-corrected chi connectivity index (χ2v) is 7.83. The maximum absolute atomic E-state index is 12.4. The molecule has 1 aromatic heterocycles. The van der Waals surface area contributed by atoms with Crippen LogP contribution in [0.4, 0.5) is 10.5 Å². The SMILES string of the molecule is CC(C)(C)OC(=O)Nc1cccc(C(=O)NCCc2ccc(-n3cccn3)cc2)c1. The Morgan fingerprint density at radius 2 is 1.83 bits per heavy atom. The van der Waals surface area contributed by atoms with Gasteiger partial charge in [0, 0.05) is 30.2 Å². The first-order valence-electron chi connectivity index (χ1n) is 9.77. The Bertz CT molecular complexity index is 990. The van der Waals surface area contributed by atoms with Crippen molar-refractivity contribution in [2.75, 3.05) is 11.9 Å². The zero-order valence-electron chi connectivity index (χ0n) is 17.4. The standard InChI is InChI=1S/C23H26N4O3/c1-23(2,3)30-22(29)26-19-7-4-6-18(16-19)21(28)24-14-12-17-8-10-20(11-9-17)27-15-5-13-25-27/h4-11,13,15-16H,12,14H2,1-3H3,(H,24,28)(H,26,29). The highest BCUT2D eigenvalue weighted by Crippen LogP contribution is 2.14. The third-order valence-electron chi connectivity index (χ3n) is 4.17. The van der Waals surface area contributed by atoms with Crippen LogP contribution in [0.25, 0.3) is 5.69 Å². The summed E-state index contributed by atoms with van der Waals surface area (Å²) < 4.78 is 7.03. The summed E-state index contributed by atoms with van der Waals surface area (Å²) in [5, 5.41) is 9.76. The van der Waals surface area contributed by atoms with Gasteiger partial charge in [-0.1, -0.05) is 18.2 Å². The van der Waals surface area contributed by atoms with Gasteiger partial charge in [-0.15, -0.1) is 0 Å². The van der Waals surface area contributed by atoms with Gasteiger partial charge in [0.1, 0.15) is 5.60 Å². The molecular weight excluding hydrogens is 380 g/mol. The van der Waals surface area contributed by atoms with Crippen molar-refractivity contribution in [2.45, 2.75) is 32.8 Å². The van der Waals surface area contributed by atoms with E-state index in [-0.39, 0.29) is 5.91 Å². The molecule has 0 bridgehead atoms. The van der Waals surface area contributed by atoms with Gasteiger partial charge in [0.25, 0.3) is 5.91 Å². The molecule has 0 spiro atoms. The molecule has 0 fully saturated rings. The molecule has 3 rings (SSSR count). The number of carbonyl (C=O) groups excluding carboxylic acids is 2. The Kier molecular flexibility index (Phi) is 6.51. The number of carbonyl (C=O) groups is 2. The number of benzene rings is 2. The third kappa shape index (κ3) is 6.20. The van der Waals surface area contributed by atoms with E-state index in [0.717, 1.165) is 11.3 Å². The lowest BCUT2D eigenvalue weighted by atomic mass is 10.1. The van der Waals surface area contributed by atoms with Crippen LogP contribution in [0, 0.1) is 0 Å². The summed E-state index contributed by atoms with van der Waals surface area (Å²) in [6.45, 7) is 5.88. The first kappa shape index (κ1) is 21.1. The van der Waals surface area contributed by atoms with Crippen molar-refractivity contribution in [3.8, 4) is 5.69 Å². The Hall–Kier alpha value is -3.61. The second-order valence-electron chi connectivity index (χ2n) is 7.83. The van der Waals surface area contributed by atoms with E-state index >= 15 is 0 Å². The summed E-state index contributed by atoms with van der Waals surface area (Å²) in [6, 6.07) is 16.7. The van der Waals surface area contributed by atoms with Crippen molar-refractivity contribution < 1.29 is 14.3 Å². The molecule has 2 amide bonds. The molecule has 3 aromatic rings. The third-order valence-corrected chi connectivity index (χ3v) is 4.17.